The molecule has 0 aliphatic carbocycles. The number of carbonyl (C=O) groups is 1. The summed E-state index contributed by atoms with van der Waals surface area (Å²) in [6, 6.07) is 7.41. The number of nitrogens with zero attached hydrogens (tertiary/aromatic N) is 2. The van der Waals surface area contributed by atoms with Gasteiger partial charge in [-0.3, -0.25) is 4.79 Å². The Morgan fingerprint density at radius 3 is 2.53 bits per heavy atom. The number of halogens is 1. The Hall–Kier alpha value is -1.39. The highest BCUT2D eigenvalue weighted by atomic mass is 35.5. The van der Waals surface area contributed by atoms with E-state index in [2.05, 4.69) is 4.98 Å². The summed E-state index contributed by atoms with van der Waals surface area (Å²) in [6.45, 7) is 0. The zero-order valence-electron chi connectivity index (χ0n) is 9.48. The normalized spacial score (nSPS) is 10.3. The van der Waals surface area contributed by atoms with Crippen molar-refractivity contribution < 1.29 is 4.79 Å². The van der Waals surface area contributed by atoms with Crippen molar-refractivity contribution in [1.29, 1.82) is 0 Å². The first kappa shape index (κ1) is 12.1. The van der Waals surface area contributed by atoms with Gasteiger partial charge in [-0.05, 0) is 12.1 Å². The maximum absolute atomic E-state index is 11.7. The molecule has 1 amide bonds. The van der Waals surface area contributed by atoms with E-state index in [1.165, 1.54) is 16.2 Å². The van der Waals surface area contributed by atoms with Crippen molar-refractivity contribution >= 4 is 28.8 Å². The molecule has 0 radical (unpaired) electrons. The van der Waals surface area contributed by atoms with Gasteiger partial charge >= 0.3 is 0 Å². The van der Waals surface area contributed by atoms with Crippen LogP contribution in [-0.4, -0.2) is 29.9 Å². The Morgan fingerprint density at radius 2 is 1.94 bits per heavy atom. The van der Waals surface area contributed by atoms with Crippen LogP contribution in [0.25, 0.3) is 10.6 Å². The second-order valence-electron chi connectivity index (χ2n) is 3.74. The zero-order valence-corrected chi connectivity index (χ0v) is 11.0. The highest BCUT2D eigenvalue weighted by Gasteiger charge is 2.13. The molecule has 0 N–H and O–H groups in total. The molecule has 2 aromatic rings. The molecule has 0 saturated carbocycles. The average molecular weight is 267 g/mol. The molecular formula is C12H11ClN2OS. The van der Waals surface area contributed by atoms with Gasteiger partial charge in [-0.2, -0.15) is 0 Å². The van der Waals surface area contributed by atoms with Crippen LogP contribution >= 0.6 is 22.9 Å². The number of rotatable bonds is 2. The van der Waals surface area contributed by atoms with Crippen molar-refractivity contribution in [3.05, 3.63) is 40.4 Å². The number of hydrogen-bond acceptors (Lipinski definition) is 3. The van der Waals surface area contributed by atoms with Crippen LogP contribution in [0.2, 0.25) is 5.02 Å². The summed E-state index contributed by atoms with van der Waals surface area (Å²) < 4.78 is 0. The lowest BCUT2D eigenvalue weighted by Crippen LogP contribution is -2.21. The van der Waals surface area contributed by atoms with Gasteiger partial charge in [0.1, 0.15) is 10.7 Å². The molecule has 2 rings (SSSR count). The number of hydrogen-bond donors (Lipinski definition) is 0. The van der Waals surface area contributed by atoms with Crippen LogP contribution in [-0.2, 0) is 0 Å². The molecule has 5 heteroatoms. The molecule has 0 spiro atoms. The fraction of sp³-hybridized carbons (Fsp3) is 0.167. The molecule has 0 fully saturated rings. The zero-order chi connectivity index (χ0) is 12.4. The van der Waals surface area contributed by atoms with Crippen molar-refractivity contribution in [3.8, 4) is 10.6 Å². The number of carbonyl (C=O) groups excluding carboxylic acids is 1. The van der Waals surface area contributed by atoms with Crippen molar-refractivity contribution in [1.82, 2.24) is 9.88 Å². The molecule has 0 aliphatic heterocycles. The first-order chi connectivity index (χ1) is 8.08. The molecule has 1 aromatic carbocycles. The van der Waals surface area contributed by atoms with Crippen molar-refractivity contribution in [2.75, 3.05) is 14.1 Å². The molecule has 1 aromatic heterocycles. The summed E-state index contributed by atoms with van der Waals surface area (Å²) in [5.41, 5.74) is 1.45. The van der Waals surface area contributed by atoms with Crippen LogP contribution in [0.15, 0.2) is 29.6 Å². The van der Waals surface area contributed by atoms with Crippen LogP contribution in [0, 0.1) is 0 Å². The van der Waals surface area contributed by atoms with Crippen LogP contribution in [0.3, 0.4) is 0 Å². The van der Waals surface area contributed by atoms with Gasteiger partial charge in [0.25, 0.3) is 5.91 Å². The number of aromatic nitrogens is 1. The summed E-state index contributed by atoms with van der Waals surface area (Å²) in [5.74, 6) is -0.0820. The van der Waals surface area contributed by atoms with Gasteiger partial charge in [0.05, 0.1) is 0 Å². The number of thiazole rings is 1. The lowest BCUT2D eigenvalue weighted by atomic mass is 10.2. The van der Waals surface area contributed by atoms with Gasteiger partial charge in [-0.1, -0.05) is 23.7 Å². The SMILES string of the molecule is CN(C)C(=O)c1csc(-c2ccc(Cl)cc2)n1. The Morgan fingerprint density at radius 1 is 1.29 bits per heavy atom. The largest absolute Gasteiger partial charge is 0.343 e. The predicted molar refractivity (Wildman–Crippen MR) is 70.6 cm³/mol. The lowest BCUT2D eigenvalue weighted by Gasteiger charge is -2.06. The minimum Gasteiger partial charge on any atom is -0.343 e. The van der Waals surface area contributed by atoms with Crippen molar-refractivity contribution in [2.45, 2.75) is 0 Å². The standard InChI is InChI=1S/C12H11ClN2OS/c1-15(2)12(16)10-7-17-11(14-10)8-3-5-9(13)6-4-8/h3-7H,1-2H3. The van der Waals surface area contributed by atoms with Crippen LogP contribution < -0.4 is 0 Å². The van der Waals surface area contributed by atoms with E-state index in [-0.39, 0.29) is 5.91 Å². The molecular weight excluding hydrogens is 256 g/mol. The minimum atomic E-state index is -0.0820. The van der Waals surface area contributed by atoms with Crippen LogP contribution in [0.4, 0.5) is 0 Å². The Bertz CT molecular complexity index is 534. The van der Waals surface area contributed by atoms with Gasteiger partial charge in [0.2, 0.25) is 0 Å². The molecule has 3 nitrogen and oxygen atoms in total. The van der Waals surface area contributed by atoms with E-state index in [1.807, 2.05) is 24.3 Å². The lowest BCUT2D eigenvalue weighted by molar-refractivity contribution is 0.0823. The Kier molecular flexibility index (Phi) is 3.45. The smallest absolute Gasteiger partial charge is 0.272 e. The third-order valence-corrected chi connectivity index (χ3v) is 3.36. The van der Waals surface area contributed by atoms with Gasteiger partial charge in [0, 0.05) is 30.1 Å². The minimum absolute atomic E-state index is 0.0820. The van der Waals surface area contributed by atoms with Crippen molar-refractivity contribution in [3.63, 3.8) is 0 Å². The van der Waals surface area contributed by atoms with E-state index in [1.54, 1.807) is 19.5 Å². The topological polar surface area (TPSA) is 33.2 Å². The van der Waals surface area contributed by atoms with E-state index in [0.29, 0.717) is 10.7 Å². The van der Waals surface area contributed by atoms with E-state index >= 15 is 0 Å². The predicted octanol–water partition coefficient (Wildman–Crippen LogP) is 3.17. The van der Waals surface area contributed by atoms with E-state index < -0.39 is 0 Å². The summed E-state index contributed by atoms with van der Waals surface area (Å²) in [5, 5.41) is 3.29. The van der Waals surface area contributed by atoms with Crippen molar-refractivity contribution in [2.24, 2.45) is 0 Å². The fourth-order valence-corrected chi connectivity index (χ4v) is 2.25. The Balaban J connectivity index is 2.30. The van der Waals surface area contributed by atoms with Gasteiger partial charge < -0.3 is 4.90 Å². The summed E-state index contributed by atoms with van der Waals surface area (Å²) in [7, 11) is 3.42. The highest BCUT2D eigenvalue weighted by Crippen LogP contribution is 2.25. The molecule has 88 valence electrons. The maximum Gasteiger partial charge on any atom is 0.272 e. The molecule has 0 bridgehead atoms. The Labute approximate surface area is 109 Å². The monoisotopic (exact) mass is 266 g/mol. The van der Waals surface area contributed by atoms with Gasteiger partial charge in [-0.25, -0.2) is 4.98 Å². The quantitative estimate of drug-likeness (QED) is 0.837. The molecule has 0 unspecified atom stereocenters. The number of amides is 1. The first-order valence-corrected chi connectivity index (χ1v) is 6.27. The van der Waals surface area contributed by atoms with E-state index in [4.69, 9.17) is 11.6 Å². The van der Waals surface area contributed by atoms with Gasteiger partial charge in [-0.15, -0.1) is 11.3 Å². The second kappa shape index (κ2) is 4.85. The van der Waals surface area contributed by atoms with E-state index in [0.717, 1.165) is 10.6 Å². The van der Waals surface area contributed by atoms with Gasteiger partial charge in [0.15, 0.2) is 0 Å². The number of benzene rings is 1. The van der Waals surface area contributed by atoms with E-state index in [9.17, 15) is 4.79 Å². The fourth-order valence-electron chi connectivity index (χ4n) is 1.33. The third kappa shape index (κ3) is 2.65. The summed E-state index contributed by atoms with van der Waals surface area (Å²) >= 11 is 7.27. The first-order valence-electron chi connectivity index (χ1n) is 5.01. The second-order valence-corrected chi connectivity index (χ2v) is 5.04. The molecule has 1 heterocycles. The summed E-state index contributed by atoms with van der Waals surface area (Å²) in [6.07, 6.45) is 0. The highest BCUT2D eigenvalue weighted by molar-refractivity contribution is 7.13. The summed E-state index contributed by atoms with van der Waals surface area (Å²) in [4.78, 5) is 17.5. The maximum atomic E-state index is 11.7. The molecule has 0 atom stereocenters. The van der Waals surface area contributed by atoms with Crippen LogP contribution in [0.1, 0.15) is 10.5 Å². The third-order valence-electron chi connectivity index (χ3n) is 2.22. The molecule has 0 aliphatic rings. The average Bonchev–Trinajstić information content (AvgIpc) is 2.78. The molecule has 0 saturated heterocycles. The molecule has 17 heavy (non-hydrogen) atoms. The van der Waals surface area contributed by atoms with Crippen LogP contribution in [0.5, 0.6) is 0 Å².